The first kappa shape index (κ1) is 28.6. The number of carbonyl (C=O) groups excluding carboxylic acids is 5. The highest BCUT2D eigenvalue weighted by Gasteiger charge is 2.50. The van der Waals surface area contributed by atoms with Gasteiger partial charge in [-0.25, -0.2) is 0 Å². The average molecular weight is 584 g/mol. The smallest absolute Gasteiger partial charge is 0.289 e. The number of aromatic amines is 1. The van der Waals surface area contributed by atoms with Crippen molar-refractivity contribution in [3.05, 3.63) is 71.9 Å². The molecule has 3 aromatic rings. The van der Waals surface area contributed by atoms with E-state index in [2.05, 4.69) is 20.9 Å². The fraction of sp³-hybridized carbons (Fsp3) is 0.424. The minimum Gasteiger partial charge on any atom is -0.356 e. The highest BCUT2D eigenvalue weighted by atomic mass is 16.2. The van der Waals surface area contributed by atoms with Gasteiger partial charge in [-0.05, 0) is 61.6 Å². The fourth-order valence-corrected chi connectivity index (χ4v) is 7.05. The molecule has 10 nitrogen and oxygen atoms in total. The van der Waals surface area contributed by atoms with E-state index in [0.717, 1.165) is 42.1 Å². The van der Waals surface area contributed by atoms with Crippen molar-refractivity contribution in [3.8, 4) is 0 Å². The Morgan fingerprint density at radius 1 is 0.953 bits per heavy atom. The lowest BCUT2D eigenvalue weighted by atomic mass is 9.89. The summed E-state index contributed by atoms with van der Waals surface area (Å²) in [4.78, 5) is 71.8. The maximum Gasteiger partial charge on any atom is 0.289 e. The largest absolute Gasteiger partial charge is 0.356 e. The molecule has 5 atom stereocenters. The van der Waals surface area contributed by atoms with Gasteiger partial charge in [-0.3, -0.25) is 24.0 Å². The Balaban J connectivity index is 1.22. The maximum absolute atomic E-state index is 14.0. The molecule has 2 aliphatic heterocycles. The predicted octanol–water partition coefficient (Wildman–Crippen LogP) is 2.70. The number of para-hydroxylation sites is 1. The quantitative estimate of drug-likeness (QED) is 0.287. The zero-order valence-corrected chi connectivity index (χ0v) is 24.0. The van der Waals surface area contributed by atoms with Gasteiger partial charge in [0, 0.05) is 36.5 Å². The summed E-state index contributed by atoms with van der Waals surface area (Å²) in [6.07, 6.45) is 4.05. The topological polar surface area (TPSA) is 140 Å². The Hall–Kier alpha value is -4.47. The fourth-order valence-electron chi connectivity index (χ4n) is 7.05. The number of fused-ring (bicyclic) bond motifs is 2. The van der Waals surface area contributed by atoms with Crippen molar-refractivity contribution in [2.75, 3.05) is 13.1 Å². The van der Waals surface area contributed by atoms with Crippen molar-refractivity contribution in [1.82, 2.24) is 25.8 Å². The second-order valence-electron chi connectivity index (χ2n) is 12.0. The van der Waals surface area contributed by atoms with Gasteiger partial charge in [-0.15, -0.1) is 0 Å². The number of piperidine rings is 1. The summed E-state index contributed by atoms with van der Waals surface area (Å²) in [6.45, 7) is 1.18. The summed E-state index contributed by atoms with van der Waals surface area (Å²) in [5.41, 5.74) is 2.08. The van der Waals surface area contributed by atoms with Crippen LogP contribution in [0.15, 0.2) is 60.7 Å². The Labute approximate surface area is 250 Å². The molecule has 1 aliphatic carbocycles. The zero-order chi connectivity index (χ0) is 29.9. The van der Waals surface area contributed by atoms with E-state index in [9.17, 15) is 24.0 Å². The van der Waals surface area contributed by atoms with Crippen LogP contribution >= 0.6 is 0 Å². The van der Waals surface area contributed by atoms with Crippen LogP contribution < -0.4 is 16.0 Å². The third-order valence-corrected chi connectivity index (χ3v) is 9.25. The molecular weight excluding hydrogens is 546 g/mol. The van der Waals surface area contributed by atoms with Gasteiger partial charge in [0.05, 0.1) is 6.04 Å². The number of Topliss-reactive ketones (excluding diaryl/α,β-unsaturated/α-hetero) is 1. The number of H-pyrrole nitrogens is 1. The number of amides is 4. The normalized spacial score (nSPS) is 23.8. The highest BCUT2D eigenvalue weighted by Crippen LogP contribution is 2.43. The second kappa shape index (κ2) is 12.4. The molecule has 3 fully saturated rings. The van der Waals surface area contributed by atoms with Gasteiger partial charge in [-0.1, -0.05) is 55.0 Å². The van der Waals surface area contributed by atoms with Gasteiger partial charge in [-0.2, -0.15) is 0 Å². The van der Waals surface area contributed by atoms with Crippen molar-refractivity contribution in [2.45, 2.75) is 57.2 Å². The van der Waals surface area contributed by atoms with E-state index < -0.39 is 35.6 Å². The summed E-state index contributed by atoms with van der Waals surface area (Å²) in [5, 5.41) is 9.24. The van der Waals surface area contributed by atoms with Crippen molar-refractivity contribution < 1.29 is 24.0 Å². The number of hydrogen-bond donors (Lipinski definition) is 4. The van der Waals surface area contributed by atoms with Crippen LogP contribution in [0.5, 0.6) is 0 Å². The maximum atomic E-state index is 14.0. The van der Waals surface area contributed by atoms with Gasteiger partial charge >= 0.3 is 0 Å². The number of hydrogen-bond acceptors (Lipinski definition) is 5. The first-order chi connectivity index (χ1) is 20.9. The van der Waals surface area contributed by atoms with Crippen LogP contribution in [-0.4, -0.2) is 64.5 Å². The van der Waals surface area contributed by atoms with Crippen LogP contribution in [0, 0.1) is 17.8 Å². The molecule has 224 valence electrons. The lowest BCUT2D eigenvalue weighted by Crippen LogP contribution is -2.55. The Bertz CT molecular complexity index is 1500. The Kier molecular flexibility index (Phi) is 8.26. The number of nitrogens with zero attached hydrogens (tertiary/aromatic N) is 1. The molecule has 1 aromatic heterocycles. The Morgan fingerprint density at radius 3 is 2.53 bits per heavy atom. The Morgan fingerprint density at radius 2 is 1.74 bits per heavy atom. The van der Waals surface area contributed by atoms with Gasteiger partial charge in [0.2, 0.25) is 17.6 Å². The number of likely N-dealkylation sites (tertiary alicyclic amines) is 1. The average Bonchev–Trinajstić information content (AvgIpc) is 3.75. The van der Waals surface area contributed by atoms with Crippen molar-refractivity contribution >= 4 is 40.3 Å². The van der Waals surface area contributed by atoms with Crippen LogP contribution in [-0.2, 0) is 25.7 Å². The lowest BCUT2D eigenvalue weighted by molar-refractivity contribution is -0.141. The molecule has 0 radical (unpaired) electrons. The first-order valence-electron chi connectivity index (χ1n) is 15.2. The molecule has 3 aliphatic rings. The molecular formula is C33H37N5O5. The molecule has 4 N–H and O–H groups in total. The minimum atomic E-state index is -1.19. The number of carbonyl (C=O) groups is 5. The SMILES string of the molecule is O=C(NCc1ccccc1)C(=O)[C@H](C[C@@H]1CCCNC1=O)NC(=O)[C@@H]1[C@H]2CCC[C@H]2CN1C(=O)c1cc2ccccc2[nH]1. The van der Waals surface area contributed by atoms with E-state index in [1.807, 2.05) is 54.6 Å². The number of aromatic nitrogens is 1. The van der Waals surface area contributed by atoms with Crippen LogP contribution in [0.2, 0.25) is 0 Å². The summed E-state index contributed by atoms with van der Waals surface area (Å²) in [5.74, 6) is -2.86. The van der Waals surface area contributed by atoms with Gasteiger partial charge < -0.3 is 25.8 Å². The van der Waals surface area contributed by atoms with Gasteiger partial charge in [0.25, 0.3) is 11.8 Å². The molecule has 3 heterocycles. The second-order valence-corrected chi connectivity index (χ2v) is 12.0. The van der Waals surface area contributed by atoms with Crippen molar-refractivity contribution in [1.29, 1.82) is 0 Å². The third-order valence-electron chi connectivity index (χ3n) is 9.25. The number of rotatable bonds is 9. The first-order valence-corrected chi connectivity index (χ1v) is 15.2. The monoisotopic (exact) mass is 583 g/mol. The number of ketones is 1. The van der Waals surface area contributed by atoms with Crippen LogP contribution in [0.3, 0.4) is 0 Å². The molecule has 4 amide bonds. The summed E-state index contributed by atoms with van der Waals surface area (Å²) in [7, 11) is 0. The van der Waals surface area contributed by atoms with E-state index in [-0.39, 0.29) is 36.6 Å². The van der Waals surface area contributed by atoms with Crippen LogP contribution in [0.4, 0.5) is 0 Å². The van der Waals surface area contributed by atoms with Crippen LogP contribution in [0.1, 0.15) is 54.6 Å². The van der Waals surface area contributed by atoms with E-state index in [1.165, 1.54) is 0 Å². The van der Waals surface area contributed by atoms with E-state index >= 15 is 0 Å². The van der Waals surface area contributed by atoms with Crippen LogP contribution in [0.25, 0.3) is 10.9 Å². The molecule has 43 heavy (non-hydrogen) atoms. The summed E-state index contributed by atoms with van der Waals surface area (Å²) in [6, 6.07) is 16.7. The minimum absolute atomic E-state index is 0.0198. The van der Waals surface area contributed by atoms with E-state index in [4.69, 9.17) is 0 Å². The zero-order valence-electron chi connectivity index (χ0n) is 24.0. The molecule has 6 rings (SSSR count). The third kappa shape index (κ3) is 6.04. The number of benzene rings is 2. The predicted molar refractivity (Wildman–Crippen MR) is 160 cm³/mol. The van der Waals surface area contributed by atoms with Gasteiger partial charge in [0.15, 0.2) is 0 Å². The standard InChI is InChI=1S/C33H37N5O5/c39-29(32(42)35-18-20-8-2-1-3-9-20)26(17-22-12-7-15-34-30(22)40)37-31(41)28-24-13-6-11-23(24)19-38(28)33(43)27-16-21-10-4-5-14-25(21)36-27/h1-5,8-10,14,16,22-24,26,28,36H,6-7,11-13,15,17-19H2,(H,34,40)(H,35,42)(H,37,41)/t22-,23-,24-,26-,28-/m0/s1. The van der Waals surface area contributed by atoms with Gasteiger partial charge in [0.1, 0.15) is 11.7 Å². The highest BCUT2D eigenvalue weighted by molar-refractivity contribution is 6.38. The molecule has 1 saturated carbocycles. The molecule has 0 unspecified atom stereocenters. The number of nitrogens with one attached hydrogen (secondary N) is 4. The van der Waals surface area contributed by atoms with Crippen molar-refractivity contribution in [2.24, 2.45) is 17.8 Å². The van der Waals surface area contributed by atoms with Crippen molar-refractivity contribution in [3.63, 3.8) is 0 Å². The van der Waals surface area contributed by atoms with E-state index in [0.29, 0.717) is 25.2 Å². The molecule has 10 heteroatoms. The summed E-state index contributed by atoms with van der Waals surface area (Å²) >= 11 is 0. The molecule has 2 aromatic carbocycles. The van der Waals surface area contributed by atoms with E-state index in [1.54, 1.807) is 11.0 Å². The molecule has 2 saturated heterocycles. The lowest BCUT2D eigenvalue weighted by Gasteiger charge is -2.30. The molecule has 0 bridgehead atoms. The molecule has 0 spiro atoms. The summed E-state index contributed by atoms with van der Waals surface area (Å²) < 4.78 is 0.